The number of H-pyrrole nitrogens is 1. The van der Waals surface area contributed by atoms with Gasteiger partial charge in [-0.05, 0) is 56.2 Å². The maximum absolute atomic E-state index is 12.0. The molecule has 130 valence electrons. The van der Waals surface area contributed by atoms with Gasteiger partial charge in [-0.1, -0.05) is 11.6 Å². The fourth-order valence-electron chi connectivity index (χ4n) is 3.99. The summed E-state index contributed by atoms with van der Waals surface area (Å²) in [7, 11) is -3.28. The molecule has 2 saturated carbocycles. The average molecular weight is 370 g/mol. The fourth-order valence-corrected chi connectivity index (χ4v) is 5.21. The largest absolute Gasteiger partial charge is 0.385 e. The van der Waals surface area contributed by atoms with Crippen LogP contribution < -0.4 is 4.72 Å². The zero-order valence-electron chi connectivity index (χ0n) is 13.5. The van der Waals surface area contributed by atoms with Gasteiger partial charge in [0.05, 0.1) is 22.6 Å². The molecule has 2 aliphatic carbocycles. The van der Waals surface area contributed by atoms with E-state index in [2.05, 4.69) is 14.9 Å². The van der Waals surface area contributed by atoms with Crippen LogP contribution in [0.5, 0.6) is 0 Å². The second kappa shape index (κ2) is 5.17. The van der Waals surface area contributed by atoms with Gasteiger partial charge in [0.2, 0.25) is 10.0 Å². The predicted molar refractivity (Wildman–Crippen MR) is 92.2 cm³/mol. The van der Waals surface area contributed by atoms with Crippen LogP contribution in [0.2, 0.25) is 5.02 Å². The van der Waals surface area contributed by atoms with E-state index >= 15 is 0 Å². The van der Waals surface area contributed by atoms with Crippen molar-refractivity contribution in [3.05, 3.63) is 28.9 Å². The van der Waals surface area contributed by atoms with E-state index in [0.29, 0.717) is 17.9 Å². The second-order valence-corrected chi connectivity index (χ2v) is 9.99. The minimum atomic E-state index is -3.28. The Balaban J connectivity index is 1.57. The van der Waals surface area contributed by atoms with Crippen molar-refractivity contribution in [2.75, 3.05) is 0 Å². The van der Waals surface area contributed by atoms with E-state index < -0.39 is 20.9 Å². The second-order valence-electron chi connectivity index (χ2n) is 7.29. The Labute approximate surface area is 145 Å². The van der Waals surface area contributed by atoms with Crippen LogP contribution in [0.4, 0.5) is 0 Å². The van der Waals surface area contributed by atoms with Gasteiger partial charge in [-0.2, -0.15) is 5.10 Å². The molecule has 0 unspecified atom stereocenters. The molecule has 2 fully saturated rings. The third-order valence-electron chi connectivity index (χ3n) is 5.42. The van der Waals surface area contributed by atoms with Crippen molar-refractivity contribution >= 4 is 32.5 Å². The number of sulfonamides is 1. The molecule has 0 amide bonds. The summed E-state index contributed by atoms with van der Waals surface area (Å²) in [4.78, 5) is 0. The summed E-state index contributed by atoms with van der Waals surface area (Å²) >= 11 is 6.17. The van der Waals surface area contributed by atoms with E-state index in [1.54, 1.807) is 32.2 Å². The summed E-state index contributed by atoms with van der Waals surface area (Å²) < 4.78 is 26.8. The molecule has 0 aliphatic heterocycles. The molecular formula is C16H20ClN3O3S. The number of hydrogen-bond donors (Lipinski definition) is 3. The van der Waals surface area contributed by atoms with Crippen LogP contribution in [-0.4, -0.2) is 35.0 Å². The van der Waals surface area contributed by atoms with Crippen LogP contribution in [0.25, 0.3) is 10.9 Å². The molecule has 4 atom stereocenters. The van der Waals surface area contributed by atoms with E-state index in [-0.39, 0.29) is 17.9 Å². The summed E-state index contributed by atoms with van der Waals surface area (Å²) in [5.41, 5.74) is 0.585. The topological polar surface area (TPSA) is 95.1 Å². The Morgan fingerprint density at radius 1 is 1.38 bits per heavy atom. The summed E-state index contributed by atoms with van der Waals surface area (Å²) in [6.07, 6.45) is 2.76. The van der Waals surface area contributed by atoms with E-state index in [1.165, 1.54) is 0 Å². The minimum Gasteiger partial charge on any atom is -0.385 e. The molecule has 2 aromatic rings. The highest BCUT2D eigenvalue weighted by Gasteiger charge is 2.62. The quantitative estimate of drug-likeness (QED) is 0.769. The van der Waals surface area contributed by atoms with Gasteiger partial charge in [-0.3, -0.25) is 5.10 Å². The maximum Gasteiger partial charge on any atom is 0.214 e. The Kier molecular flexibility index (Phi) is 3.52. The van der Waals surface area contributed by atoms with Gasteiger partial charge >= 0.3 is 0 Å². The number of nitrogens with one attached hydrogen (secondary N) is 2. The first-order valence-corrected chi connectivity index (χ1v) is 10.0. The molecule has 0 radical (unpaired) electrons. The van der Waals surface area contributed by atoms with Gasteiger partial charge in [-0.15, -0.1) is 0 Å². The van der Waals surface area contributed by atoms with Gasteiger partial charge in [0.15, 0.2) is 0 Å². The number of halogens is 1. The molecule has 1 aromatic heterocycles. The van der Waals surface area contributed by atoms with Gasteiger partial charge in [0.1, 0.15) is 0 Å². The zero-order valence-corrected chi connectivity index (χ0v) is 15.0. The monoisotopic (exact) mass is 369 g/mol. The van der Waals surface area contributed by atoms with Gasteiger partial charge < -0.3 is 5.11 Å². The highest BCUT2D eigenvalue weighted by Crippen LogP contribution is 2.60. The Morgan fingerprint density at radius 3 is 2.67 bits per heavy atom. The molecule has 0 bridgehead atoms. The third-order valence-corrected chi connectivity index (χ3v) is 7.48. The van der Waals surface area contributed by atoms with Crippen molar-refractivity contribution in [3.63, 3.8) is 0 Å². The number of rotatable bonds is 4. The standard InChI is InChI=1S/C16H20ClN3O3S/c1-8(2)24(22,23)20-15-10-5-16(21,6-11(10)15)13-3-9(17)4-14-12(13)7-18-19-14/h3-4,7-8,10-11,15,20-21H,5-6H2,1-2H3,(H,18,19)/t10-,11+,15-,16+. The number of nitrogens with zero attached hydrogens (tertiary/aromatic N) is 1. The maximum atomic E-state index is 12.0. The Morgan fingerprint density at radius 2 is 2.04 bits per heavy atom. The van der Waals surface area contributed by atoms with E-state index in [0.717, 1.165) is 16.5 Å². The first kappa shape index (κ1) is 16.3. The van der Waals surface area contributed by atoms with Crippen molar-refractivity contribution in [1.29, 1.82) is 0 Å². The van der Waals surface area contributed by atoms with E-state index in [4.69, 9.17) is 11.6 Å². The first-order valence-electron chi connectivity index (χ1n) is 8.08. The van der Waals surface area contributed by atoms with Crippen molar-refractivity contribution in [1.82, 2.24) is 14.9 Å². The smallest absolute Gasteiger partial charge is 0.214 e. The lowest BCUT2D eigenvalue weighted by atomic mass is 9.86. The number of aliphatic hydroxyl groups is 1. The van der Waals surface area contributed by atoms with Gasteiger partial charge in [0.25, 0.3) is 0 Å². The van der Waals surface area contributed by atoms with Crippen molar-refractivity contribution in [2.24, 2.45) is 11.8 Å². The molecule has 6 nitrogen and oxygen atoms in total. The number of aromatic nitrogens is 2. The molecule has 2 aliphatic rings. The fraction of sp³-hybridized carbons (Fsp3) is 0.562. The van der Waals surface area contributed by atoms with Crippen molar-refractivity contribution < 1.29 is 13.5 Å². The predicted octanol–water partition coefficient (Wildman–Crippen LogP) is 2.14. The number of benzene rings is 1. The van der Waals surface area contributed by atoms with Crippen molar-refractivity contribution in [2.45, 2.75) is 43.6 Å². The molecule has 0 spiro atoms. The van der Waals surface area contributed by atoms with Crippen LogP contribution in [0.3, 0.4) is 0 Å². The molecular weight excluding hydrogens is 350 g/mol. The average Bonchev–Trinajstić information content (AvgIpc) is 2.90. The molecule has 3 N–H and O–H groups in total. The van der Waals surface area contributed by atoms with Crippen LogP contribution in [-0.2, 0) is 15.6 Å². The van der Waals surface area contributed by atoms with Gasteiger partial charge in [-0.25, -0.2) is 13.1 Å². The highest BCUT2D eigenvalue weighted by atomic mass is 35.5. The van der Waals surface area contributed by atoms with Crippen LogP contribution >= 0.6 is 11.6 Å². The van der Waals surface area contributed by atoms with Crippen LogP contribution in [0.1, 0.15) is 32.3 Å². The zero-order chi connectivity index (χ0) is 17.3. The highest BCUT2D eigenvalue weighted by molar-refractivity contribution is 7.90. The lowest BCUT2D eigenvalue weighted by molar-refractivity contribution is 0.0303. The summed E-state index contributed by atoms with van der Waals surface area (Å²) in [5, 5.41) is 19.0. The van der Waals surface area contributed by atoms with E-state index in [9.17, 15) is 13.5 Å². The minimum absolute atomic E-state index is 0.0586. The van der Waals surface area contributed by atoms with Crippen molar-refractivity contribution in [3.8, 4) is 0 Å². The number of fused-ring (bicyclic) bond motifs is 2. The Hall–Kier alpha value is -1.15. The third kappa shape index (κ3) is 2.45. The molecule has 4 rings (SSSR count). The lowest BCUT2D eigenvalue weighted by Crippen LogP contribution is -2.37. The summed E-state index contributed by atoms with van der Waals surface area (Å²) in [6, 6.07) is 3.51. The lowest BCUT2D eigenvalue weighted by Gasteiger charge is -2.27. The molecule has 0 saturated heterocycles. The van der Waals surface area contributed by atoms with Crippen LogP contribution in [0, 0.1) is 11.8 Å². The molecule has 1 aromatic carbocycles. The SMILES string of the molecule is CC(C)S(=O)(=O)N[C@@H]1[C@@H]2C[C@@](O)(c3cc(Cl)cc4[nH]ncc34)C[C@@H]21. The number of aromatic amines is 1. The molecule has 8 heteroatoms. The number of hydrogen-bond acceptors (Lipinski definition) is 4. The summed E-state index contributed by atoms with van der Waals surface area (Å²) in [5.74, 6) is 0.342. The Bertz CT molecular complexity index is 896. The van der Waals surface area contributed by atoms with Gasteiger partial charge in [0, 0.05) is 16.5 Å². The van der Waals surface area contributed by atoms with E-state index in [1.807, 2.05) is 0 Å². The summed E-state index contributed by atoms with van der Waals surface area (Å²) in [6.45, 7) is 3.33. The molecule has 24 heavy (non-hydrogen) atoms. The normalized spacial score (nSPS) is 32.5. The molecule has 1 heterocycles. The first-order chi connectivity index (χ1) is 11.2. The van der Waals surface area contributed by atoms with Crippen LogP contribution in [0.15, 0.2) is 18.3 Å².